The van der Waals surface area contributed by atoms with E-state index in [0.29, 0.717) is 5.41 Å². The molecule has 1 saturated carbocycles. The molecule has 1 aromatic heterocycles. The zero-order chi connectivity index (χ0) is 10.0. The van der Waals surface area contributed by atoms with Gasteiger partial charge in [0.25, 0.3) is 0 Å². The molecule has 2 rings (SSSR count). The fourth-order valence-corrected chi connectivity index (χ4v) is 2.46. The second-order valence-corrected chi connectivity index (χ2v) is 4.58. The minimum atomic E-state index is 0.526. The first-order valence-corrected chi connectivity index (χ1v) is 5.36. The van der Waals surface area contributed by atoms with Crippen molar-refractivity contribution < 1.29 is 0 Å². The van der Waals surface area contributed by atoms with Gasteiger partial charge in [-0.3, -0.25) is 4.68 Å². The summed E-state index contributed by atoms with van der Waals surface area (Å²) in [6, 6.07) is 0. The van der Waals surface area contributed by atoms with Gasteiger partial charge in [-0.2, -0.15) is 5.10 Å². The van der Waals surface area contributed by atoms with E-state index in [9.17, 15) is 0 Å². The Hall–Kier alpha value is -0.830. The Kier molecular flexibility index (Phi) is 2.59. The van der Waals surface area contributed by atoms with Crippen molar-refractivity contribution in [1.82, 2.24) is 15.1 Å². The van der Waals surface area contributed by atoms with Gasteiger partial charge in [0, 0.05) is 19.8 Å². The molecule has 0 atom stereocenters. The molecule has 1 aromatic rings. The van der Waals surface area contributed by atoms with E-state index >= 15 is 0 Å². The van der Waals surface area contributed by atoms with Crippen molar-refractivity contribution >= 4 is 0 Å². The van der Waals surface area contributed by atoms with Gasteiger partial charge in [-0.05, 0) is 37.3 Å². The van der Waals surface area contributed by atoms with Crippen LogP contribution < -0.4 is 5.32 Å². The predicted octanol–water partition coefficient (Wildman–Crippen LogP) is 1.35. The zero-order valence-corrected chi connectivity index (χ0v) is 9.08. The predicted molar refractivity (Wildman–Crippen MR) is 57.1 cm³/mol. The molecule has 1 N–H and O–H groups in total. The summed E-state index contributed by atoms with van der Waals surface area (Å²) in [6.45, 7) is 1.14. The van der Waals surface area contributed by atoms with Gasteiger partial charge in [-0.1, -0.05) is 6.42 Å². The van der Waals surface area contributed by atoms with Crippen molar-refractivity contribution in [2.24, 2.45) is 12.5 Å². The third-order valence-electron chi connectivity index (χ3n) is 3.30. The third kappa shape index (κ3) is 1.82. The number of nitrogens with zero attached hydrogens (tertiary/aromatic N) is 2. The molecule has 1 aliphatic carbocycles. The molecule has 78 valence electrons. The summed E-state index contributed by atoms with van der Waals surface area (Å²) in [5.74, 6) is 0. The highest BCUT2D eigenvalue weighted by Gasteiger charge is 2.36. The Morgan fingerprint density at radius 1 is 1.57 bits per heavy atom. The molecule has 0 amide bonds. The fraction of sp³-hybridized carbons (Fsp3) is 0.727. The summed E-state index contributed by atoms with van der Waals surface area (Å²) in [6.07, 6.45) is 9.43. The lowest BCUT2D eigenvalue weighted by Gasteiger charge is -2.41. The molecule has 1 heterocycles. The molecule has 1 fully saturated rings. The summed E-state index contributed by atoms with van der Waals surface area (Å²) in [5.41, 5.74) is 1.90. The van der Waals surface area contributed by atoms with E-state index < -0.39 is 0 Å². The van der Waals surface area contributed by atoms with Crippen LogP contribution in [-0.4, -0.2) is 23.4 Å². The van der Waals surface area contributed by atoms with Gasteiger partial charge in [-0.15, -0.1) is 0 Å². The quantitative estimate of drug-likeness (QED) is 0.782. The maximum atomic E-state index is 4.22. The second kappa shape index (κ2) is 3.73. The zero-order valence-electron chi connectivity index (χ0n) is 9.08. The molecule has 0 saturated heterocycles. The van der Waals surface area contributed by atoms with Crippen molar-refractivity contribution in [3.05, 3.63) is 18.0 Å². The maximum Gasteiger partial charge on any atom is 0.0521 e. The van der Waals surface area contributed by atoms with Crippen LogP contribution in [-0.2, 0) is 13.5 Å². The lowest BCUT2D eigenvalue weighted by molar-refractivity contribution is 0.133. The molecule has 0 unspecified atom stereocenters. The van der Waals surface area contributed by atoms with Crippen molar-refractivity contribution in [2.75, 3.05) is 13.6 Å². The molecule has 3 heteroatoms. The average molecular weight is 193 g/mol. The van der Waals surface area contributed by atoms with E-state index in [-0.39, 0.29) is 0 Å². The number of hydrogen-bond donors (Lipinski definition) is 1. The van der Waals surface area contributed by atoms with E-state index in [1.807, 2.05) is 25.0 Å². The monoisotopic (exact) mass is 193 g/mol. The van der Waals surface area contributed by atoms with Crippen molar-refractivity contribution in [2.45, 2.75) is 25.7 Å². The Bertz CT molecular complexity index is 299. The summed E-state index contributed by atoms with van der Waals surface area (Å²) in [4.78, 5) is 0. The number of hydrogen-bond acceptors (Lipinski definition) is 2. The molecule has 0 spiro atoms. The first-order valence-electron chi connectivity index (χ1n) is 5.36. The van der Waals surface area contributed by atoms with Gasteiger partial charge in [0.2, 0.25) is 0 Å². The fourth-order valence-electron chi connectivity index (χ4n) is 2.46. The molecule has 0 aliphatic heterocycles. The molecular weight excluding hydrogens is 174 g/mol. The number of rotatable bonds is 4. The standard InChI is InChI=1S/C11H19N3/c1-12-9-11(4-3-5-11)6-10-7-13-14(2)8-10/h7-8,12H,3-6,9H2,1-2H3. The van der Waals surface area contributed by atoms with Crippen LogP contribution in [0.1, 0.15) is 24.8 Å². The largest absolute Gasteiger partial charge is 0.319 e. The first kappa shape index (κ1) is 9.71. The molecular formula is C11H19N3. The van der Waals surface area contributed by atoms with Crippen molar-refractivity contribution in [3.63, 3.8) is 0 Å². The topological polar surface area (TPSA) is 29.9 Å². The summed E-state index contributed by atoms with van der Waals surface area (Å²) in [7, 11) is 4.03. The molecule has 0 bridgehead atoms. The highest BCUT2D eigenvalue weighted by Crippen LogP contribution is 2.42. The van der Waals surface area contributed by atoms with Gasteiger partial charge >= 0.3 is 0 Å². The van der Waals surface area contributed by atoms with Crippen LogP contribution in [0.3, 0.4) is 0 Å². The van der Waals surface area contributed by atoms with E-state index in [0.717, 1.165) is 6.54 Å². The SMILES string of the molecule is CNCC1(Cc2cnn(C)c2)CCC1. The Labute approximate surface area is 85.5 Å². The maximum absolute atomic E-state index is 4.22. The van der Waals surface area contributed by atoms with Crippen molar-refractivity contribution in [1.29, 1.82) is 0 Å². The van der Waals surface area contributed by atoms with E-state index in [2.05, 4.69) is 16.6 Å². The van der Waals surface area contributed by atoms with Crippen LogP contribution in [0.5, 0.6) is 0 Å². The Morgan fingerprint density at radius 3 is 2.79 bits per heavy atom. The Balaban J connectivity index is 2.01. The van der Waals surface area contributed by atoms with Gasteiger partial charge in [0.1, 0.15) is 0 Å². The van der Waals surface area contributed by atoms with Gasteiger partial charge in [-0.25, -0.2) is 0 Å². The number of aryl methyl sites for hydroxylation is 1. The molecule has 1 aliphatic rings. The highest BCUT2D eigenvalue weighted by molar-refractivity contribution is 5.09. The summed E-state index contributed by atoms with van der Waals surface area (Å²) < 4.78 is 1.89. The smallest absolute Gasteiger partial charge is 0.0521 e. The van der Waals surface area contributed by atoms with Crippen LogP contribution in [0.25, 0.3) is 0 Å². The second-order valence-electron chi connectivity index (χ2n) is 4.58. The molecule has 0 aromatic carbocycles. The normalized spacial score (nSPS) is 19.3. The lowest BCUT2D eigenvalue weighted by Crippen LogP contribution is -2.40. The highest BCUT2D eigenvalue weighted by atomic mass is 15.2. The van der Waals surface area contributed by atoms with Crippen molar-refractivity contribution in [3.8, 4) is 0 Å². The Morgan fingerprint density at radius 2 is 2.36 bits per heavy atom. The van der Waals surface area contributed by atoms with E-state index in [1.54, 1.807) is 0 Å². The van der Waals surface area contributed by atoms with Crippen LogP contribution >= 0.6 is 0 Å². The number of nitrogens with one attached hydrogen (secondary N) is 1. The van der Waals surface area contributed by atoms with E-state index in [4.69, 9.17) is 0 Å². The average Bonchev–Trinajstić information content (AvgIpc) is 2.48. The minimum absolute atomic E-state index is 0.526. The number of aromatic nitrogens is 2. The van der Waals surface area contributed by atoms with Gasteiger partial charge in [0.05, 0.1) is 6.20 Å². The van der Waals surface area contributed by atoms with Crippen LogP contribution in [0.15, 0.2) is 12.4 Å². The molecule has 3 nitrogen and oxygen atoms in total. The minimum Gasteiger partial charge on any atom is -0.319 e. The van der Waals surface area contributed by atoms with Gasteiger partial charge in [0.15, 0.2) is 0 Å². The molecule has 0 radical (unpaired) electrons. The lowest BCUT2D eigenvalue weighted by atomic mass is 9.65. The van der Waals surface area contributed by atoms with Gasteiger partial charge < -0.3 is 5.32 Å². The van der Waals surface area contributed by atoms with Crippen LogP contribution in [0, 0.1) is 5.41 Å². The summed E-state index contributed by atoms with van der Waals surface area (Å²) >= 11 is 0. The summed E-state index contributed by atoms with van der Waals surface area (Å²) in [5, 5.41) is 7.53. The van der Waals surface area contributed by atoms with E-state index in [1.165, 1.54) is 31.2 Å². The third-order valence-corrected chi connectivity index (χ3v) is 3.30. The first-order chi connectivity index (χ1) is 6.74. The molecule has 14 heavy (non-hydrogen) atoms. The van der Waals surface area contributed by atoms with Crippen LogP contribution in [0.4, 0.5) is 0 Å². The van der Waals surface area contributed by atoms with Crippen LogP contribution in [0.2, 0.25) is 0 Å².